The highest BCUT2D eigenvalue weighted by Gasteiger charge is 2.52. The Hall–Kier alpha value is -1.06. The first-order chi connectivity index (χ1) is 9.83. The van der Waals surface area contributed by atoms with Crippen molar-refractivity contribution in [1.29, 1.82) is 0 Å². The summed E-state index contributed by atoms with van der Waals surface area (Å²) in [6.45, 7) is 13.4. The molecule has 4 nitrogen and oxygen atoms in total. The van der Waals surface area contributed by atoms with Crippen LogP contribution < -0.4 is 0 Å². The minimum absolute atomic E-state index is 0.0321. The first-order valence-electron chi connectivity index (χ1n) is 8.27. The van der Waals surface area contributed by atoms with E-state index in [4.69, 9.17) is 9.47 Å². The molecule has 0 aliphatic heterocycles. The molecule has 0 aromatic carbocycles. The van der Waals surface area contributed by atoms with Crippen molar-refractivity contribution >= 4 is 11.9 Å². The van der Waals surface area contributed by atoms with Gasteiger partial charge in [0.05, 0.1) is 6.42 Å². The van der Waals surface area contributed by atoms with Crippen molar-refractivity contribution in [3.05, 3.63) is 0 Å². The van der Waals surface area contributed by atoms with Gasteiger partial charge in [-0.15, -0.1) is 0 Å². The summed E-state index contributed by atoms with van der Waals surface area (Å²) in [6.07, 6.45) is 3.56. The van der Waals surface area contributed by atoms with Gasteiger partial charge < -0.3 is 9.47 Å². The molecule has 0 spiro atoms. The number of carbonyl (C=O) groups is 2. The van der Waals surface area contributed by atoms with Gasteiger partial charge in [0, 0.05) is 6.42 Å². The van der Waals surface area contributed by atoms with Crippen molar-refractivity contribution in [3.8, 4) is 0 Å². The summed E-state index contributed by atoms with van der Waals surface area (Å²) in [6, 6.07) is 0. The predicted octanol–water partition coefficient (Wildman–Crippen LogP) is 4.26. The van der Waals surface area contributed by atoms with E-state index < -0.39 is 11.2 Å². The van der Waals surface area contributed by atoms with Crippen LogP contribution in [0, 0.1) is 11.3 Å². The van der Waals surface area contributed by atoms with Crippen LogP contribution in [0.3, 0.4) is 0 Å². The van der Waals surface area contributed by atoms with Gasteiger partial charge >= 0.3 is 11.9 Å². The highest BCUT2D eigenvalue weighted by atomic mass is 16.6. The number of hydrogen-bond acceptors (Lipinski definition) is 4. The van der Waals surface area contributed by atoms with Crippen LogP contribution in [0.15, 0.2) is 0 Å². The van der Waals surface area contributed by atoms with Crippen molar-refractivity contribution in [2.24, 2.45) is 11.3 Å². The average Bonchev–Trinajstić information content (AvgIpc) is 2.82. The molecule has 0 N–H and O–H groups in total. The minimum Gasteiger partial charge on any atom is -0.460 e. The van der Waals surface area contributed by atoms with Gasteiger partial charge in [-0.2, -0.15) is 0 Å². The minimum atomic E-state index is -0.438. The Labute approximate surface area is 134 Å². The maximum atomic E-state index is 12.0. The Kier molecular flexibility index (Phi) is 5.69. The lowest BCUT2D eigenvalue weighted by Gasteiger charge is -2.23. The number of hydrogen-bond donors (Lipinski definition) is 0. The molecule has 0 radical (unpaired) electrons. The number of esters is 2. The van der Waals surface area contributed by atoms with E-state index >= 15 is 0 Å². The highest BCUT2D eigenvalue weighted by molar-refractivity contribution is 5.71. The van der Waals surface area contributed by atoms with Crippen LogP contribution in [0.5, 0.6) is 0 Å². The fourth-order valence-electron chi connectivity index (χ4n) is 2.88. The molecule has 0 heterocycles. The van der Waals surface area contributed by atoms with Gasteiger partial charge in [-0.3, -0.25) is 9.59 Å². The molecule has 22 heavy (non-hydrogen) atoms. The average molecular weight is 312 g/mol. The zero-order valence-corrected chi connectivity index (χ0v) is 15.2. The second kappa shape index (κ2) is 6.59. The molecule has 128 valence electrons. The van der Waals surface area contributed by atoms with Crippen molar-refractivity contribution in [2.45, 2.75) is 91.8 Å². The van der Waals surface area contributed by atoms with Crippen LogP contribution in [-0.2, 0) is 19.1 Å². The molecular weight excluding hydrogens is 280 g/mol. The van der Waals surface area contributed by atoms with Crippen molar-refractivity contribution in [1.82, 2.24) is 0 Å². The molecule has 1 rings (SSSR count). The van der Waals surface area contributed by atoms with E-state index in [1.54, 1.807) is 0 Å². The molecule has 1 saturated carbocycles. The molecule has 0 aromatic rings. The molecule has 0 saturated heterocycles. The monoisotopic (exact) mass is 312 g/mol. The van der Waals surface area contributed by atoms with E-state index in [0.29, 0.717) is 18.8 Å². The van der Waals surface area contributed by atoms with E-state index in [1.807, 2.05) is 41.5 Å². The molecule has 4 heteroatoms. The topological polar surface area (TPSA) is 52.6 Å². The molecule has 2 unspecified atom stereocenters. The van der Waals surface area contributed by atoms with E-state index in [9.17, 15) is 9.59 Å². The van der Waals surface area contributed by atoms with Gasteiger partial charge in [0.25, 0.3) is 0 Å². The smallest absolute Gasteiger partial charge is 0.306 e. The molecule has 1 fully saturated rings. The van der Waals surface area contributed by atoms with Gasteiger partial charge in [0.1, 0.15) is 11.2 Å². The second-order valence-corrected chi connectivity index (χ2v) is 8.67. The summed E-state index contributed by atoms with van der Waals surface area (Å²) >= 11 is 0. The van der Waals surface area contributed by atoms with E-state index in [-0.39, 0.29) is 17.4 Å². The van der Waals surface area contributed by atoms with Crippen LogP contribution >= 0.6 is 0 Å². The summed E-state index contributed by atoms with van der Waals surface area (Å²) < 4.78 is 10.7. The number of ether oxygens (including phenoxy) is 2. The van der Waals surface area contributed by atoms with Crippen LogP contribution in [-0.4, -0.2) is 23.1 Å². The lowest BCUT2D eigenvalue weighted by Crippen LogP contribution is -2.26. The van der Waals surface area contributed by atoms with Gasteiger partial charge in [-0.25, -0.2) is 0 Å². The van der Waals surface area contributed by atoms with Crippen LogP contribution in [0.25, 0.3) is 0 Å². The van der Waals surface area contributed by atoms with Crippen molar-refractivity contribution in [3.63, 3.8) is 0 Å². The summed E-state index contributed by atoms with van der Waals surface area (Å²) in [7, 11) is 0. The van der Waals surface area contributed by atoms with Gasteiger partial charge in [-0.1, -0.05) is 6.92 Å². The first kappa shape index (κ1) is 19.0. The first-order valence-corrected chi connectivity index (χ1v) is 8.27. The number of carbonyl (C=O) groups excluding carboxylic acids is 2. The Balaban J connectivity index is 2.39. The van der Waals surface area contributed by atoms with Crippen LogP contribution in [0.4, 0.5) is 0 Å². The molecular formula is C18H32O4. The SMILES string of the molecule is CC1CC1(CCCC(=O)OC(C)(C)C)CC(=O)OC(C)(C)C. The van der Waals surface area contributed by atoms with Crippen molar-refractivity contribution in [2.75, 3.05) is 0 Å². The third kappa shape index (κ3) is 6.80. The fraction of sp³-hybridized carbons (Fsp3) is 0.889. The molecule has 0 bridgehead atoms. The molecule has 0 amide bonds. The molecule has 2 atom stereocenters. The lowest BCUT2D eigenvalue weighted by atomic mass is 9.92. The highest BCUT2D eigenvalue weighted by Crippen LogP contribution is 2.58. The Morgan fingerprint density at radius 2 is 1.45 bits per heavy atom. The molecule has 1 aliphatic carbocycles. The van der Waals surface area contributed by atoms with E-state index in [0.717, 1.165) is 19.3 Å². The second-order valence-electron chi connectivity index (χ2n) is 8.67. The zero-order valence-electron chi connectivity index (χ0n) is 15.2. The molecule has 1 aliphatic rings. The van der Waals surface area contributed by atoms with Gasteiger partial charge in [0.15, 0.2) is 0 Å². The van der Waals surface area contributed by atoms with Crippen molar-refractivity contribution < 1.29 is 19.1 Å². The quantitative estimate of drug-likeness (QED) is 0.688. The summed E-state index contributed by atoms with van der Waals surface area (Å²) in [4.78, 5) is 23.8. The van der Waals surface area contributed by atoms with E-state index in [2.05, 4.69) is 6.92 Å². The summed E-state index contributed by atoms with van der Waals surface area (Å²) in [5.74, 6) is 0.237. The normalized spacial score (nSPS) is 24.8. The van der Waals surface area contributed by atoms with Gasteiger partial charge in [-0.05, 0) is 72.1 Å². The zero-order chi connectivity index (χ0) is 17.2. The third-order valence-electron chi connectivity index (χ3n) is 3.99. The fourth-order valence-corrected chi connectivity index (χ4v) is 2.88. The standard InChI is InChI=1S/C18H32O4/c1-13-11-18(13,12-15(20)22-17(5,6)7)10-8-9-14(19)21-16(2,3)4/h13H,8-12H2,1-7H3. The lowest BCUT2D eigenvalue weighted by molar-refractivity contribution is -0.156. The predicted molar refractivity (Wildman–Crippen MR) is 86.4 cm³/mol. The maximum absolute atomic E-state index is 12.0. The maximum Gasteiger partial charge on any atom is 0.306 e. The number of rotatable bonds is 6. The summed E-state index contributed by atoms with van der Waals surface area (Å²) in [5, 5.41) is 0. The Bertz CT molecular complexity index is 414. The third-order valence-corrected chi connectivity index (χ3v) is 3.99. The Morgan fingerprint density at radius 1 is 1.00 bits per heavy atom. The largest absolute Gasteiger partial charge is 0.460 e. The van der Waals surface area contributed by atoms with Crippen LogP contribution in [0.2, 0.25) is 0 Å². The summed E-state index contributed by atoms with van der Waals surface area (Å²) in [5.41, 5.74) is -0.838. The van der Waals surface area contributed by atoms with E-state index in [1.165, 1.54) is 0 Å². The Morgan fingerprint density at radius 3 is 1.86 bits per heavy atom. The van der Waals surface area contributed by atoms with Gasteiger partial charge in [0.2, 0.25) is 0 Å². The van der Waals surface area contributed by atoms with Crippen LogP contribution in [0.1, 0.15) is 80.6 Å². The molecule has 0 aromatic heterocycles.